The predicted molar refractivity (Wildman–Crippen MR) is 248 cm³/mol. The minimum atomic E-state index is 1.22. The molecule has 12 rings (SSSR count). The number of hydrogen-bond acceptors (Lipinski definition) is 0. The van der Waals surface area contributed by atoms with Gasteiger partial charge in [0.2, 0.25) is 0 Å². The lowest BCUT2D eigenvalue weighted by atomic mass is 9.81. The Morgan fingerprint density at radius 1 is 0.190 bits per heavy atom. The summed E-state index contributed by atoms with van der Waals surface area (Å²) in [6.45, 7) is 0. The van der Waals surface area contributed by atoms with E-state index in [4.69, 9.17) is 0 Å². The summed E-state index contributed by atoms with van der Waals surface area (Å²) in [5, 5.41) is 10.2. The van der Waals surface area contributed by atoms with Crippen LogP contribution in [0, 0.1) is 0 Å². The molecule has 0 nitrogen and oxygen atoms in total. The van der Waals surface area contributed by atoms with E-state index in [0.29, 0.717) is 0 Å². The van der Waals surface area contributed by atoms with Gasteiger partial charge in [0.05, 0.1) is 0 Å². The smallest absolute Gasteiger partial charge is 0.000720 e. The zero-order chi connectivity index (χ0) is 38.2. The molecule has 0 unspecified atom stereocenters. The average Bonchev–Trinajstić information content (AvgIpc) is 3.62. The molecule has 0 spiro atoms. The summed E-state index contributed by atoms with van der Waals surface area (Å²) in [6.07, 6.45) is 0. The fraction of sp³-hybridized carbons (Fsp3) is 0. The lowest BCUT2D eigenvalue weighted by Crippen LogP contribution is -1.94. The highest BCUT2D eigenvalue weighted by atomic mass is 14.3. The van der Waals surface area contributed by atoms with Gasteiger partial charge in [0.15, 0.2) is 0 Å². The topological polar surface area (TPSA) is 0 Å². The molecule has 0 aromatic heterocycles. The fourth-order valence-electron chi connectivity index (χ4n) is 10.1. The Bertz CT molecular complexity index is 3400. The maximum atomic E-state index is 2.51. The first-order chi connectivity index (χ1) is 28.8. The van der Waals surface area contributed by atoms with Crippen LogP contribution in [0.25, 0.3) is 121 Å². The lowest BCUT2D eigenvalue weighted by Gasteiger charge is -2.21. The maximum absolute atomic E-state index is 2.51. The summed E-state index contributed by atoms with van der Waals surface area (Å²) in [6, 6.07) is 80.7. The van der Waals surface area contributed by atoms with E-state index in [9.17, 15) is 0 Å². The minimum Gasteiger partial charge on any atom is -0.0622 e. The SMILES string of the molecule is c1ccc(-c2c3c(c(-c4ccccc4)c4ccccc24)-c2cc(-c4cccc5c(-c6ccccc6)c6ccccc6c(-c6ccccc6)c45)cc4cccc-3c24)cc1. The number of hydrogen-bond donors (Lipinski definition) is 0. The molecule has 268 valence electrons. The van der Waals surface area contributed by atoms with Crippen molar-refractivity contribution in [1.29, 1.82) is 0 Å². The summed E-state index contributed by atoms with van der Waals surface area (Å²) in [4.78, 5) is 0. The molecule has 0 saturated heterocycles. The van der Waals surface area contributed by atoms with Crippen LogP contribution in [-0.4, -0.2) is 0 Å². The van der Waals surface area contributed by atoms with Crippen molar-refractivity contribution >= 4 is 43.1 Å². The number of fused-ring (bicyclic) bond motifs is 6. The van der Waals surface area contributed by atoms with Crippen LogP contribution in [0.5, 0.6) is 0 Å². The third-order valence-electron chi connectivity index (χ3n) is 12.3. The zero-order valence-electron chi connectivity index (χ0n) is 31.8. The third kappa shape index (κ3) is 4.82. The third-order valence-corrected chi connectivity index (χ3v) is 12.3. The highest BCUT2D eigenvalue weighted by Crippen LogP contribution is 2.59. The highest BCUT2D eigenvalue weighted by molar-refractivity contribution is 6.29. The molecule has 11 aromatic carbocycles. The van der Waals surface area contributed by atoms with E-state index < -0.39 is 0 Å². The Balaban J connectivity index is 1.25. The van der Waals surface area contributed by atoms with E-state index in [1.807, 2.05) is 0 Å². The van der Waals surface area contributed by atoms with Crippen LogP contribution < -0.4 is 0 Å². The molecule has 0 bridgehead atoms. The van der Waals surface area contributed by atoms with Gasteiger partial charge in [-0.15, -0.1) is 0 Å². The van der Waals surface area contributed by atoms with Gasteiger partial charge >= 0.3 is 0 Å². The highest BCUT2D eigenvalue weighted by Gasteiger charge is 2.31. The lowest BCUT2D eigenvalue weighted by molar-refractivity contribution is 1.62. The van der Waals surface area contributed by atoms with E-state index in [-0.39, 0.29) is 0 Å². The van der Waals surface area contributed by atoms with Crippen molar-refractivity contribution < 1.29 is 0 Å². The standard InChI is InChI=1S/C58H36/c1-5-19-37(20-6-1)51-44-28-13-14-29-45(44)53(38-21-7-2-8-22-38)56-43(32-18-34-48(51)56)42-35-41-27-17-33-49-52(41)50(36-42)58-55(40-25-11-4-12-26-40)47-31-16-15-30-46(47)54(57(49)58)39-23-9-3-10-24-39/h1-36H. The molecule has 0 amide bonds. The Morgan fingerprint density at radius 2 is 0.586 bits per heavy atom. The molecule has 1 aliphatic rings. The summed E-state index contributed by atoms with van der Waals surface area (Å²) in [7, 11) is 0. The first-order valence-corrected chi connectivity index (χ1v) is 20.2. The van der Waals surface area contributed by atoms with E-state index in [0.717, 1.165) is 0 Å². The van der Waals surface area contributed by atoms with Gasteiger partial charge in [0.25, 0.3) is 0 Å². The molecule has 0 heteroatoms. The van der Waals surface area contributed by atoms with Gasteiger partial charge in [-0.05, 0) is 133 Å². The van der Waals surface area contributed by atoms with Gasteiger partial charge in [-0.1, -0.05) is 206 Å². The van der Waals surface area contributed by atoms with Gasteiger partial charge in [-0.3, -0.25) is 0 Å². The Kier molecular flexibility index (Phi) is 7.33. The van der Waals surface area contributed by atoms with Crippen molar-refractivity contribution in [1.82, 2.24) is 0 Å². The van der Waals surface area contributed by atoms with Crippen LogP contribution in [0.1, 0.15) is 0 Å². The van der Waals surface area contributed by atoms with Gasteiger partial charge in [0.1, 0.15) is 0 Å². The van der Waals surface area contributed by atoms with E-state index in [1.54, 1.807) is 0 Å². The molecule has 0 aliphatic heterocycles. The van der Waals surface area contributed by atoms with Crippen LogP contribution in [0.3, 0.4) is 0 Å². The summed E-state index contributed by atoms with van der Waals surface area (Å²) < 4.78 is 0. The van der Waals surface area contributed by atoms with Crippen LogP contribution in [0.4, 0.5) is 0 Å². The van der Waals surface area contributed by atoms with Crippen LogP contribution >= 0.6 is 0 Å². The fourth-order valence-corrected chi connectivity index (χ4v) is 10.1. The van der Waals surface area contributed by atoms with Gasteiger partial charge < -0.3 is 0 Å². The number of benzene rings is 11. The number of rotatable bonds is 5. The molecule has 0 atom stereocenters. The van der Waals surface area contributed by atoms with Crippen molar-refractivity contribution in [3.05, 3.63) is 218 Å². The summed E-state index contributed by atoms with van der Waals surface area (Å²) in [5.74, 6) is 0. The largest absolute Gasteiger partial charge is 0.0622 e. The van der Waals surface area contributed by atoms with Crippen molar-refractivity contribution in [3.63, 3.8) is 0 Å². The molecule has 0 heterocycles. The van der Waals surface area contributed by atoms with Gasteiger partial charge in [-0.2, -0.15) is 0 Å². The molecule has 58 heavy (non-hydrogen) atoms. The maximum Gasteiger partial charge on any atom is -0.000720 e. The normalized spacial score (nSPS) is 11.8. The van der Waals surface area contributed by atoms with E-state index in [2.05, 4.69) is 218 Å². The van der Waals surface area contributed by atoms with Crippen molar-refractivity contribution in [2.75, 3.05) is 0 Å². The second-order valence-corrected chi connectivity index (χ2v) is 15.5. The minimum absolute atomic E-state index is 1.22. The summed E-state index contributed by atoms with van der Waals surface area (Å²) in [5.41, 5.74) is 17.7. The Hall–Kier alpha value is -7.54. The van der Waals surface area contributed by atoms with Crippen LogP contribution in [-0.2, 0) is 0 Å². The Labute approximate surface area is 337 Å². The molecule has 0 saturated carbocycles. The second kappa shape index (κ2) is 13.0. The summed E-state index contributed by atoms with van der Waals surface area (Å²) >= 11 is 0. The van der Waals surface area contributed by atoms with Crippen molar-refractivity contribution in [3.8, 4) is 77.9 Å². The quantitative estimate of drug-likeness (QED) is 0.155. The monoisotopic (exact) mass is 732 g/mol. The average molecular weight is 733 g/mol. The molecular formula is C58H36. The van der Waals surface area contributed by atoms with Crippen molar-refractivity contribution in [2.45, 2.75) is 0 Å². The van der Waals surface area contributed by atoms with Crippen molar-refractivity contribution in [2.24, 2.45) is 0 Å². The molecule has 11 aromatic rings. The second-order valence-electron chi connectivity index (χ2n) is 15.5. The van der Waals surface area contributed by atoms with Gasteiger partial charge in [-0.25, -0.2) is 0 Å². The molecule has 0 fully saturated rings. The molecule has 0 radical (unpaired) electrons. The molecular weight excluding hydrogens is 697 g/mol. The van der Waals surface area contributed by atoms with Gasteiger partial charge in [0, 0.05) is 0 Å². The van der Waals surface area contributed by atoms with Crippen LogP contribution in [0.15, 0.2) is 218 Å². The Morgan fingerprint density at radius 3 is 1.14 bits per heavy atom. The first-order valence-electron chi connectivity index (χ1n) is 20.2. The van der Waals surface area contributed by atoms with E-state index in [1.165, 1.54) is 121 Å². The molecule has 0 N–H and O–H groups in total. The predicted octanol–water partition coefficient (Wildman–Crippen LogP) is 16.3. The zero-order valence-corrected chi connectivity index (χ0v) is 31.8. The first kappa shape index (κ1) is 32.7. The van der Waals surface area contributed by atoms with Crippen LogP contribution in [0.2, 0.25) is 0 Å². The molecule has 1 aliphatic carbocycles. The van der Waals surface area contributed by atoms with E-state index >= 15 is 0 Å².